The van der Waals surface area contributed by atoms with Crippen molar-refractivity contribution in [2.45, 2.75) is 19.4 Å². The Morgan fingerprint density at radius 1 is 0.600 bits per heavy atom. The Morgan fingerprint density at radius 2 is 1.18 bits per heavy atom. The number of rotatable bonds is 17. The number of nitrogens with zero attached hydrogens (tertiary/aromatic N) is 2. The molecule has 0 bridgehead atoms. The summed E-state index contributed by atoms with van der Waals surface area (Å²) in [6.07, 6.45) is 10.8. The van der Waals surface area contributed by atoms with E-state index in [2.05, 4.69) is 68.6 Å². The zero-order chi connectivity index (χ0) is 26.4. The fourth-order valence-corrected chi connectivity index (χ4v) is 3.71. The first-order valence-electron chi connectivity index (χ1n) is 13.7. The van der Waals surface area contributed by atoms with Crippen molar-refractivity contribution < 1.29 is 34.1 Å². The molecule has 4 rings (SSSR count). The van der Waals surface area contributed by atoms with Gasteiger partial charge >= 0.3 is 34.1 Å². The van der Waals surface area contributed by atoms with Crippen LogP contribution in [0.1, 0.15) is 18.4 Å². The van der Waals surface area contributed by atoms with Crippen LogP contribution in [0.5, 0.6) is 0 Å². The van der Waals surface area contributed by atoms with Crippen LogP contribution >= 0.6 is 0 Å². The van der Waals surface area contributed by atoms with Gasteiger partial charge in [0.15, 0.2) is 0 Å². The van der Waals surface area contributed by atoms with Crippen LogP contribution in [0.15, 0.2) is 107 Å². The van der Waals surface area contributed by atoms with Crippen LogP contribution in [0, 0.1) is 18.8 Å². The van der Waals surface area contributed by atoms with Crippen LogP contribution in [0.3, 0.4) is 0 Å². The van der Waals surface area contributed by atoms with Gasteiger partial charge in [-0.05, 0) is 75.4 Å². The van der Waals surface area contributed by atoms with Crippen molar-refractivity contribution in [3.05, 3.63) is 121 Å². The van der Waals surface area contributed by atoms with Crippen molar-refractivity contribution in [1.82, 2.24) is 21.3 Å². The van der Waals surface area contributed by atoms with Crippen LogP contribution in [-0.2, 0) is 40.7 Å². The Kier molecular flexibility index (Phi) is 22.1. The number of hydrogen-bond donors (Lipinski definition) is 4. The second-order valence-corrected chi connectivity index (χ2v) is 9.02. The summed E-state index contributed by atoms with van der Waals surface area (Å²) in [4.78, 5) is 0. The molecule has 0 fully saturated rings. The maximum absolute atomic E-state index is 4.29. The summed E-state index contributed by atoms with van der Waals surface area (Å²) in [5.41, 5.74) is 3.00. The fourth-order valence-electron chi connectivity index (χ4n) is 3.71. The Labute approximate surface area is 262 Å². The second kappa shape index (κ2) is 24.7. The van der Waals surface area contributed by atoms with Crippen LogP contribution in [-0.4, -0.2) is 45.8 Å². The van der Waals surface area contributed by atoms with Gasteiger partial charge in [0, 0.05) is 19.6 Å². The molecular weight excluding hydrogens is 588 g/mol. The molecule has 0 saturated heterocycles. The van der Waals surface area contributed by atoms with E-state index in [0.717, 1.165) is 76.6 Å². The van der Waals surface area contributed by atoms with Crippen LogP contribution in [0.25, 0.3) is 0 Å². The van der Waals surface area contributed by atoms with Crippen molar-refractivity contribution in [2.24, 2.45) is 10.2 Å². The summed E-state index contributed by atoms with van der Waals surface area (Å²) in [5, 5.41) is 22.5. The Bertz CT molecular complexity index is 971. The zero-order valence-corrected chi connectivity index (χ0v) is 25.1. The third-order valence-electron chi connectivity index (χ3n) is 5.81. The van der Waals surface area contributed by atoms with Crippen molar-refractivity contribution in [3.63, 3.8) is 0 Å². The summed E-state index contributed by atoms with van der Waals surface area (Å²) in [6.45, 7) is 8.03. The molecule has 3 aromatic carbocycles. The Hall–Kier alpha value is -2.12. The van der Waals surface area contributed by atoms with Gasteiger partial charge in [0.25, 0.3) is 0 Å². The molecule has 3 radical (unpaired) electrons. The molecule has 0 amide bonds. The van der Waals surface area contributed by atoms with E-state index in [1.165, 1.54) is 11.5 Å². The molecule has 0 saturated carbocycles. The average molecular weight is 630 g/mol. The van der Waals surface area contributed by atoms with E-state index >= 15 is 0 Å². The van der Waals surface area contributed by atoms with Crippen molar-refractivity contribution in [2.75, 3.05) is 45.8 Å². The van der Waals surface area contributed by atoms with Gasteiger partial charge in [-0.2, -0.15) is 28.4 Å². The normalized spacial score (nSPS) is 12.3. The quantitative estimate of drug-likeness (QED) is 0.0670. The SMILES string of the molecule is [CH]1C=C[CH-][C]1CNCCCNCCNCCCNCc1ccc(N=Nc2ccccc2)cc1.[Cu+2].[Fe+2].c1cc[cH-]c1. The minimum absolute atomic E-state index is 0. The summed E-state index contributed by atoms with van der Waals surface area (Å²) < 4.78 is 0. The monoisotopic (exact) mass is 629 g/mol. The van der Waals surface area contributed by atoms with Gasteiger partial charge in [-0.1, -0.05) is 36.2 Å². The van der Waals surface area contributed by atoms with Gasteiger partial charge in [0.05, 0.1) is 11.4 Å². The predicted octanol–water partition coefficient (Wildman–Crippen LogP) is 5.69. The molecule has 217 valence electrons. The van der Waals surface area contributed by atoms with Crippen LogP contribution in [0.2, 0.25) is 0 Å². The second-order valence-electron chi connectivity index (χ2n) is 9.02. The predicted molar refractivity (Wildman–Crippen MR) is 160 cm³/mol. The van der Waals surface area contributed by atoms with E-state index in [9.17, 15) is 0 Å². The molecular formula is C32H42CuFeN6+2. The smallest absolute Gasteiger partial charge is 0.317 e. The standard InChI is InChI=1S/C27H37N6.C5H5.Cu.Fe/c1-2-10-26(11-3-1)32-33-27-14-12-25(13-15-27)23-31-19-7-17-29-21-20-28-16-6-18-30-22-24-8-4-5-9-24;1-2-4-5-3-1;;/h1-5,8-15,28-31H,6-7,16-23H2;1-5H;;/q2*-1;2*+2. The molecule has 1 aliphatic rings. The number of hydrogen-bond acceptors (Lipinski definition) is 6. The molecule has 0 aromatic heterocycles. The molecule has 8 heteroatoms. The minimum Gasteiger partial charge on any atom is -0.317 e. The molecule has 0 spiro atoms. The number of allylic oxidation sites excluding steroid dienone is 2. The van der Waals surface area contributed by atoms with Crippen molar-refractivity contribution >= 4 is 11.4 Å². The topological polar surface area (TPSA) is 72.8 Å². The molecule has 3 aromatic rings. The summed E-state index contributed by atoms with van der Waals surface area (Å²) in [7, 11) is 0. The van der Waals surface area contributed by atoms with E-state index in [1.54, 1.807) is 0 Å². The fraction of sp³-hybridized carbons (Fsp3) is 0.312. The van der Waals surface area contributed by atoms with Gasteiger partial charge in [-0.3, -0.25) is 0 Å². The van der Waals surface area contributed by atoms with Crippen LogP contribution < -0.4 is 21.3 Å². The van der Waals surface area contributed by atoms with E-state index < -0.39 is 0 Å². The van der Waals surface area contributed by atoms with Crippen LogP contribution in [0.4, 0.5) is 11.4 Å². The van der Waals surface area contributed by atoms with E-state index in [0.29, 0.717) is 0 Å². The Balaban J connectivity index is 0.00000103. The Morgan fingerprint density at radius 3 is 1.73 bits per heavy atom. The third-order valence-corrected chi connectivity index (χ3v) is 5.81. The van der Waals surface area contributed by atoms with Crippen molar-refractivity contribution in [1.29, 1.82) is 0 Å². The van der Waals surface area contributed by atoms with E-state index in [4.69, 9.17) is 0 Å². The largest absolute Gasteiger partial charge is 2.00 e. The first-order chi connectivity index (χ1) is 18.9. The van der Waals surface area contributed by atoms with Gasteiger partial charge in [-0.25, -0.2) is 30.7 Å². The third kappa shape index (κ3) is 17.5. The molecule has 6 nitrogen and oxygen atoms in total. The van der Waals surface area contributed by atoms with Gasteiger partial charge in [0.1, 0.15) is 0 Å². The van der Waals surface area contributed by atoms with Gasteiger partial charge < -0.3 is 21.3 Å². The molecule has 0 aliphatic heterocycles. The molecule has 1 aliphatic carbocycles. The van der Waals surface area contributed by atoms with E-state index in [1.807, 2.05) is 72.8 Å². The zero-order valence-electron chi connectivity index (χ0n) is 23.0. The summed E-state index contributed by atoms with van der Waals surface area (Å²) in [5.74, 6) is 1.36. The average Bonchev–Trinajstić information content (AvgIpc) is 3.71. The minimum atomic E-state index is 0. The first-order valence-corrected chi connectivity index (χ1v) is 13.7. The molecule has 0 atom stereocenters. The summed E-state index contributed by atoms with van der Waals surface area (Å²) >= 11 is 0. The maximum Gasteiger partial charge on any atom is 2.00 e. The molecule has 0 heterocycles. The van der Waals surface area contributed by atoms with Gasteiger partial charge in [0.2, 0.25) is 0 Å². The molecule has 0 unspecified atom stereocenters. The number of nitrogens with one attached hydrogen (secondary N) is 4. The van der Waals surface area contributed by atoms with E-state index in [-0.39, 0.29) is 34.1 Å². The molecule has 4 N–H and O–H groups in total. The molecule has 40 heavy (non-hydrogen) atoms. The van der Waals surface area contributed by atoms with Gasteiger partial charge in [-0.15, -0.1) is 6.42 Å². The number of azo groups is 1. The van der Waals surface area contributed by atoms with Crippen molar-refractivity contribution in [3.8, 4) is 0 Å². The maximum atomic E-state index is 4.29. The number of benzene rings is 2. The first kappa shape index (κ1) is 35.9. The summed E-state index contributed by atoms with van der Waals surface area (Å²) in [6, 6.07) is 28.0.